The van der Waals surface area contributed by atoms with Crippen molar-refractivity contribution in [3.63, 3.8) is 0 Å². The molecule has 10 heteroatoms. The van der Waals surface area contributed by atoms with Crippen LogP contribution in [0, 0.1) is 0 Å². The van der Waals surface area contributed by atoms with Gasteiger partial charge in [0.1, 0.15) is 0 Å². The molecule has 0 atom stereocenters. The van der Waals surface area contributed by atoms with Crippen LogP contribution >= 0.6 is 46.6 Å². The van der Waals surface area contributed by atoms with Gasteiger partial charge in [-0.05, 0) is 18.4 Å². The van der Waals surface area contributed by atoms with E-state index in [1.54, 1.807) is 30.4 Å². The van der Waals surface area contributed by atoms with Crippen LogP contribution in [-0.4, -0.2) is 37.7 Å². The quantitative estimate of drug-likeness (QED) is 0.445. The molecule has 1 N–H and O–H groups in total. The fraction of sp³-hybridized carbons (Fsp3) is 0.235. The van der Waals surface area contributed by atoms with Crippen molar-refractivity contribution in [1.29, 1.82) is 0 Å². The molecule has 27 heavy (non-hydrogen) atoms. The summed E-state index contributed by atoms with van der Waals surface area (Å²) in [6.45, 7) is 0.548. The zero-order chi connectivity index (χ0) is 19.3. The van der Waals surface area contributed by atoms with E-state index in [2.05, 4.69) is 30.2 Å². The number of thioether (sulfide) groups is 1. The highest BCUT2D eigenvalue weighted by atomic mass is 35.6. The summed E-state index contributed by atoms with van der Waals surface area (Å²) in [5.41, 5.74) is 1.66. The first kappa shape index (κ1) is 20.1. The molecule has 0 amide bonds. The van der Waals surface area contributed by atoms with E-state index in [1.807, 2.05) is 30.5 Å². The van der Waals surface area contributed by atoms with Gasteiger partial charge in [0.2, 0.25) is 9.74 Å². The number of anilines is 1. The van der Waals surface area contributed by atoms with E-state index >= 15 is 0 Å². The summed E-state index contributed by atoms with van der Waals surface area (Å²) in [7, 11) is 0. The van der Waals surface area contributed by atoms with Crippen LogP contribution in [0.4, 0.5) is 5.95 Å². The second-order valence-electron chi connectivity index (χ2n) is 5.41. The molecule has 0 bridgehead atoms. The van der Waals surface area contributed by atoms with Crippen LogP contribution in [-0.2, 0) is 10.2 Å². The number of hydrogen-bond acceptors (Lipinski definition) is 7. The van der Waals surface area contributed by atoms with Crippen LogP contribution < -0.4 is 5.32 Å². The van der Waals surface area contributed by atoms with Gasteiger partial charge in [-0.25, -0.2) is 4.98 Å². The van der Waals surface area contributed by atoms with Crippen LogP contribution in [0.15, 0.2) is 47.8 Å². The van der Waals surface area contributed by atoms with Crippen molar-refractivity contribution < 1.29 is 0 Å². The van der Waals surface area contributed by atoms with E-state index in [1.165, 1.54) is 0 Å². The number of nitrogens with zero attached hydrogens (tertiary/aromatic N) is 5. The van der Waals surface area contributed by atoms with Gasteiger partial charge >= 0.3 is 0 Å². The normalized spacial score (nSPS) is 11.4. The third-order valence-corrected chi connectivity index (χ3v) is 4.77. The van der Waals surface area contributed by atoms with E-state index in [0.29, 0.717) is 24.7 Å². The number of benzene rings is 1. The smallest absolute Gasteiger partial charge is 0.250 e. The van der Waals surface area contributed by atoms with Crippen molar-refractivity contribution in [2.24, 2.45) is 0 Å². The number of aromatic nitrogens is 5. The standard InChI is InChI=1S/C17H15Cl3N6S/c1-27-13-4-2-11(3-5-13)14-24-15(17(18,19)20)26-16(25-14)23-7-6-12-10-21-8-9-22-12/h2-5,8-10H,6-7H2,1H3,(H,23,24,25,26). The van der Waals surface area contributed by atoms with Crippen LogP contribution in [0.3, 0.4) is 0 Å². The Kier molecular flexibility index (Phi) is 6.70. The van der Waals surface area contributed by atoms with Crippen LogP contribution in [0.2, 0.25) is 0 Å². The average Bonchev–Trinajstić information content (AvgIpc) is 2.68. The van der Waals surface area contributed by atoms with Crippen molar-refractivity contribution in [2.75, 3.05) is 18.1 Å². The highest BCUT2D eigenvalue weighted by Crippen LogP contribution is 2.36. The van der Waals surface area contributed by atoms with Gasteiger partial charge in [0.15, 0.2) is 11.6 Å². The summed E-state index contributed by atoms with van der Waals surface area (Å²) < 4.78 is -1.75. The lowest BCUT2D eigenvalue weighted by atomic mass is 10.2. The molecule has 2 aromatic heterocycles. The average molecular weight is 442 g/mol. The predicted octanol–water partition coefficient (Wildman–Crippen LogP) is 4.53. The maximum Gasteiger partial charge on any atom is 0.250 e. The molecule has 6 nitrogen and oxygen atoms in total. The topological polar surface area (TPSA) is 76.5 Å². The van der Waals surface area contributed by atoms with Crippen molar-refractivity contribution in [3.05, 3.63) is 54.4 Å². The maximum atomic E-state index is 6.00. The maximum absolute atomic E-state index is 6.00. The summed E-state index contributed by atoms with van der Waals surface area (Å²) in [6.07, 6.45) is 7.65. The van der Waals surface area contributed by atoms with Crippen molar-refractivity contribution in [2.45, 2.75) is 15.1 Å². The number of halogens is 3. The minimum atomic E-state index is -1.75. The third-order valence-electron chi connectivity index (χ3n) is 3.52. The molecule has 3 rings (SSSR count). The zero-order valence-electron chi connectivity index (χ0n) is 14.2. The lowest BCUT2D eigenvalue weighted by molar-refractivity contribution is 0.889. The highest BCUT2D eigenvalue weighted by molar-refractivity contribution is 7.98. The summed E-state index contributed by atoms with van der Waals surface area (Å²) in [5, 5.41) is 3.13. The van der Waals surface area contributed by atoms with Crippen LogP contribution in [0.25, 0.3) is 11.4 Å². The molecule has 0 saturated heterocycles. The lowest BCUT2D eigenvalue weighted by Crippen LogP contribution is -2.15. The molecule has 0 spiro atoms. The van der Waals surface area contributed by atoms with E-state index < -0.39 is 3.79 Å². The number of hydrogen-bond donors (Lipinski definition) is 1. The Balaban J connectivity index is 1.84. The summed E-state index contributed by atoms with van der Waals surface area (Å²) in [4.78, 5) is 22.4. The molecule has 1 aromatic carbocycles. The molecule has 0 fully saturated rings. The fourth-order valence-corrected chi connectivity index (χ4v) is 2.87. The monoisotopic (exact) mass is 440 g/mol. The van der Waals surface area contributed by atoms with E-state index in [-0.39, 0.29) is 5.82 Å². The van der Waals surface area contributed by atoms with Gasteiger partial charge in [0.25, 0.3) is 0 Å². The Morgan fingerprint density at radius 2 is 1.81 bits per heavy atom. The fourth-order valence-electron chi connectivity index (χ4n) is 2.21. The summed E-state index contributed by atoms with van der Waals surface area (Å²) in [6, 6.07) is 7.82. The SMILES string of the molecule is CSc1ccc(-c2nc(NCCc3cnccn3)nc(C(Cl)(Cl)Cl)n2)cc1. The molecular formula is C17H15Cl3N6S. The Labute approximate surface area is 176 Å². The summed E-state index contributed by atoms with van der Waals surface area (Å²) in [5.74, 6) is 0.827. The van der Waals surface area contributed by atoms with Crippen molar-refractivity contribution in [1.82, 2.24) is 24.9 Å². The molecule has 0 unspecified atom stereocenters. The predicted molar refractivity (Wildman–Crippen MR) is 111 cm³/mol. The first-order valence-electron chi connectivity index (χ1n) is 7.92. The molecule has 0 aliphatic rings. The van der Waals surface area contributed by atoms with Crippen LogP contribution in [0.1, 0.15) is 11.5 Å². The molecule has 0 radical (unpaired) electrons. The van der Waals surface area contributed by atoms with Gasteiger partial charge in [0.05, 0.1) is 5.69 Å². The minimum Gasteiger partial charge on any atom is -0.354 e. The number of alkyl halides is 3. The number of nitrogens with one attached hydrogen (secondary N) is 1. The van der Waals surface area contributed by atoms with Gasteiger partial charge in [-0.1, -0.05) is 46.9 Å². The molecule has 0 aliphatic carbocycles. The molecule has 0 saturated carbocycles. The first-order chi connectivity index (χ1) is 13.0. The Morgan fingerprint density at radius 3 is 2.44 bits per heavy atom. The second-order valence-corrected chi connectivity index (χ2v) is 8.57. The van der Waals surface area contributed by atoms with E-state index in [9.17, 15) is 0 Å². The van der Waals surface area contributed by atoms with Crippen LogP contribution in [0.5, 0.6) is 0 Å². The lowest BCUT2D eigenvalue weighted by Gasteiger charge is -2.13. The third kappa shape index (κ3) is 5.65. The largest absolute Gasteiger partial charge is 0.354 e. The molecule has 140 valence electrons. The van der Waals surface area contributed by atoms with Gasteiger partial charge in [-0.2, -0.15) is 9.97 Å². The van der Waals surface area contributed by atoms with Crippen molar-refractivity contribution in [3.8, 4) is 11.4 Å². The number of rotatable bonds is 6. The zero-order valence-corrected chi connectivity index (χ0v) is 17.3. The Bertz CT molecular complexity index is 887. The first-order valence-corrected chi connectivity index (χ1v) is 10.3. The summed E-state index contributed by atoms with van der Waals surface area (Å²) >= 11 is 19.6. The molecule has 2 heterocycles. The van der Waals surface area contributed by atoms with E-state index in [4.69, 9.17) is 34.8 Å². The Morgan fingerprint density at radius 1 is 1.04 bits per heavy atom. The van der Waals surface area contributed by atoms with Gasteiger partial charge in [-0.15, -0.1) is 11.8 Å². The highest BCUT2D eigenvalue weighted by Gasteiger charge is 2.28. The van der Waals surface area contributed by atoms with Gasteiger partial charge < -0.3 is 5.32 Å². The van der Waals surface area contributed by atoms with Crippen molar-refractivity contribution >= 4 is 52.5 Å². The molecule has 0 aliphatic heterocycles. The minimum absolute atomic E-state index is 0.0634. The van der Waals surface area contributed by atoms with E-state index in [0.717, 1.165) is 16.2 Å². The second kappa shape index (κ2) is 9.01. The van der Waals surface area contributed by atoms with Gasteiger partial charge in [-0.3, -0.25) is 9.97 Å². The molecule has 3 aromatic rings. The Hall–Kier alpha value is -1.67. The van der Waals surface area contributed by atoms with Gasteiger partial charge in [0, 0.05) is 42.0 Å². The molecular weight excluding hydrogens is 427 g/mol.